The Hall–Kier alpha value is -2.92. The van der Waals surface area contributed by atoms with Crippen molar-refractivity contribution in [2.45, 2.75) is 20.4 Å². The monoisotopic (exact) mass is 348 g/mol. The van der Waals surface area contributed by atoms with Gasteiger partial charge in [0, 0.05) is 23.5 Å². The second-order valence-corrected chi connectivity index (χ2v) is 6.78. The fraction of sp³-hybridized carbons (Fsp3) is 0.238. The molecule has 0 saturated heterocycles. The van der Waals surface area contributed by atoms with Gasteiger partial charge in [0.25, 0.3) is 5.91 Å². The Morgan fingerprint density at radius 1 is 1.08 bits per heavy atom. The molecule has 1 aromatic heterocycles. The third-order valence-electron chi connectivity index (χ3n) is 4.07. The zero-order chi connectivity index (χ0) is 18.7. The van der Waals surface area contributed by atoms with E-state index in [0.717, 1.165) is 34.9 Å². The van der Waals surface area contributed by atoms with Gasteiger partial charge in [-0.05, 0) is 76.0 Å². The van der Waals surface area contributed by atoms with E-state index in [0.29, 0.717) is 5.56 Å². The molecular formula is C21H24N4O. The molecule has 134 valence electrons. The fourth-order valence-corrected chi connectivity index (χ4v) is 2.96. The normalized spacial score (nSPS) is 11.0. The first-order valence-electron chi connectivity index (χ1n) is 8.61. The van der Waals surface area contributed by atoms with Crippen LogP contribution in [0.1, 0.15) is 27.3 Å². The van der Waals surface area contributed by atoms with Crippen LogP contribution < -0.4 is 5.32 Å². The minimum absolute atomic E-state index is 0.119. The highest BCUT2D eigenvalue weighted by Crippen LogP contribution is 2.16. The molecule has 2 aromatic carbocycles. The van der Waals surface area contributed by atoms with Crippen LogP contribution in [0, 0.1) is 13.8 Å². The molecule has 0 aliphatic carbocycles. The molecule has 5 heteroatoms. The van der Waals surface area contributed by atoms with E-state index in [9.17, 15) is 4.79 Å². The van der Waals surface area contributed by atoms with Gasteiger partial charge in [-0.1, -0.05) is 12.1 Å². The maximum absolute atomic E-state index is 12.5. The lowest BCUT2D eigenvalue weighted by Gasteiger charge is -2.12. The molecule has 1 amide bonds. The number of hydrogen-bond acceptors (Lipinski definition) is 3. The van der Waals surface area contributed by atoms with Gasteiger partial charge in [0.1, 0.15) is 0 Å². The van der Waals surface area contributed by atoms with Crippen LogP contribution in [0.2, 0.25) is 0 Å². The summed E-state index contributed by atoms with van der Waals surface area (Å²) in [5.74, 6) is -0.119. The average molecular weight is 348 g/mol. The number of aromatic nitrogens is 2. The lowest BCUT2D eigenvalue weighted by molar-refractivity contribution is 0.102. The number of carbonyl (C=O) groups is 1. The van der Waals surface area contributed by atoms with E-state index in [-0.39, 0.29) is 5.91 Å². The minimum atomic E-state index is -0.119. The standard InChI is InChI=1S/C21H24N4O/c1-15-12-16(2)25(23-15)20-10-8-18(9-11-20)21(26)22-19-7-5-6-17(13-19)14-24(3)4/h5-13H,14H2,1-4H3,(H,22,26). The Labute approximate surface area is 154 Å². The number of benzene rings is 2. The van der Waals surface area contributed by atoms with Crippen LogP contribution in [0.25, 0.3) is 5.69 Å². The first kappa shape index (κ1) is 17.9. The van der Waals surface area contributed by atoms with Crippen LogP contribution in [0.15, 0.2) is 54.6 Å². The molecule has 0 fully saturated rings. The summed E-state index contributed by atoms with van der Waals surface area (Å²) in [5, 5.41) is 7.43. The summed E-state index contributed by atoms with van der Waals surface area (Å²) in [6.07, 6.45) is 0. The predicted octanol–water partition coefficient (Wildman–Crippen LogP) is 3.80. The van der Waals surface area contributed by atoms with Gasteiger partial charge < -0.3 is 10.2 Å². The van der Waals surface area contributed by atoms with Gasteiger partial charge in [0.2, 0.25) is 0 Å². The SMILES string of the molecule is Cc1cc(C)n(-c2ccc(C(=O)Nc3cccc(CN(C)C)c3)cc2)n1. The van der Waals surface area contributed by atoms with Crippen LogP contribution in [-0.4, -0.2) is 34.7 Å². The van der Waals surface area contributed by atoms with Gasteiger partial charge in [0.05, 0.1) is 11.4 Å². The van der Waals surface area contributed by atoms with Crippen LogP contribution in [0.4, 0.5) is 5.69 Å². The molecule has 0 bridgehead atoms. The predicted molar refractivity (Wildman–Crippen MR) is 105 cm³/mol. The van der Waals surface area contributed by atoms with Gasteiger partial charge in [-0.3, -0.25) is 4.79 Å². The smallest absolute Gasteiger partial charge is 0.255 e. The second-order valence-electron chi connectivity index (χ2n) is 6.78. The lowest BCUT2D eigenvalue weighted by atomic mass is 10.1. The van der Waals surface area contributed by atoms with Crippen LogP contribution >= 0.6 is 0 Å². The van der Waals surface area contributed by atoms with Crippen LogP contribution in [0.3, 0.4) is 0 Å². The number of hydrogen-bond donors (Lipinski definition) is 1. The molecule has 1 N–H and O–H groups in total. The fourth-order valence-electron chi connectivity index (χ4n) is 2.96. The minimum Gasteiger partial charge on any atom is -0.322 e. The molecular weight excluding hydrogens is 324 g/mol. The number of carbonyl (C=O) groups excluding carboxylic acids is 1. The summed E-state index contributed by atoms with van der Waals surface area (Å²) in [6.45, 7) is 4.82. The highest BCUT2D eigenvalue weighted by molar-refractivity contribution is 6.04. The zero-order valence-electron chi connectivity index (χ0n) is 15.7. The van der Waals surface area contributed by atoms with E-state index >= 15 is 0 Å². The summed E-state index contributed by atoms with van der Waals surface area (Å²) >= 11 is 0. The number of amides is 1. The summed E-state index contributed by atoms with van der Waals surface area (Å²) in [6, 6.07) is 17.4. The average Bonchev–Trinajstić information content (AvgIpc) is 2.93. The van der Waals surface area contributed by atoms with Gasteiger partial charge in [-0.2, -0.15) is 5.10 Å². The van der Waals surface area contributed by atoms with Crippen LogP contribution in [-0.2, 0) is 6.54 Å². The van der Waals surface area contributed by atoms with Gasteiger partial charge in [-0.15, -0.1) is 0 Å². The molecule has 3 rings (SSSR count). The van der Waals surface area contributed by atoms with Crippen molar-refractivity contribution in [1.29, 1.82) is 0 Å². The van der Waals surface area contributed by atoms with E-state index in [2.05, 4.69) is 21.4 Å². The number of anilines is 1. The van der Waals surface area contributed by atoms with Crippen molar-refractivity contribution >= 4 is 11.6 Å². The molecule has 1 heterocycles. The molecule has 0 unspecified atom stereocenters. The van der Waals surface area contributed by atoms with Crippen molar-refractivity contribution in [1.82, 2.24) is 14.7 Å². The Kier molecular flexibility index (Phi) is 5.19. The van der Waals surface area contributed by atoms with Crippen molar-refractivity contribution in [3.8, 4) is 5.69 Å². The highest BCUT2D eigenvalue weighted by atomic mass is 16.1. The maximum Gasteiger partial charge on any atom is 0.255 e. The van der Waals surface area contributed by atoms with E-state index < -0.39 is 0 Å². The van der Waals surface area contributed by atoms with Crippen molar-refractivity contribution in [2.24, 2.45) is 0 Å². The molecule has 26 heavy (non-hydrogen) atoms. The molecule has 0 radical (unpaired) electrons. The number of aryl methyl sites for hydroxylation is 2. The van der Waals surface area contributed by atoms with Gasteiger partial charge in [0.15, 0.2) is 0 Å². The summed E-state index contributed by atoms with van der Waals surface area (Å²) < 4.78 is 1.88. The van der Waals surface area contributed by atoms with Gasteiger partial charge >= 0.3 is 0 Å². The molecule has 3 aromatic rings. The zero-order valence-corrected chi connectivity index (χ0v) is 15.7. The Bertz CT molecular complexity index is 910. The van der Waals surface area contributed by atoms with Crippen molar-refractivity contribution in [3.63, 3.8) is 0 Å². The number of nitrogens with zero attached hydrogens (tertiary/aromatic N) is 3. The Morgan fingerprint density at radius 3 is 2.42 bits per heavy atom. The highest BCUT2D eigenvalue weighted by Gasteiger charge is 2.09. The molecule has 0 aliphatic rings. The number of rotatable bonds is 5. The Morgan fingerprint density at radius 2 is 1.81 bits per heavy atom. The second kappa shape index (κ2) is 7.54. The third-order valence-corrected chi connectivity index (χ3v) is 4.07. The Balaban J connectivity index is 1.73. The van der Waals surface area contributed by atoms with Crippen molar-refractivity contribution in [2.75, 3.05) is 19.4 Å². The van der Waals surface area contributed by atoms with Gasteiger partial charge in [-0.25, -0.2) is 4.68 Å². The molecule has 0 atom stereocenters. The third kappa shape index (κ3) is 4.18. The number of nitrogens with one attached hydrogen (secondary N) is 1. The first-order chi connectivity index (χ1) is 12.4. The van der Waals surface area contributed by atoms with Crippen molar-refractivity contribution in [3.05, 3.63) is 77.1 Å². The quantitative estimate of drug-likeness (QED) is 0.763. The largest absolute Gasteiger partial charge is 0.322 e. The van der Waals surface area contributed by atoms with E-state index in [1.807, 2.05) is 81.2 Å². The summed E-state index contributed by atoms with van der Waals surface area (Å²) in [4.78, 5) is 14.6. The molecule has 0 saturated carbocycles. The first-order valence-corrected chi connectivity index (χ1v) is 8.61. The van der Waals surface area contributed by atoms with E-state index in [1.165, 1.54) is 0 Å². The molecule has 0 aliphatic heterocycles. The topological polar surface area (TPSA) is 50.2 Å². The summed E-state index contributed by atoms with van der Waals surface area (Å²) in [5.41, 5.74) is 5.57. The van der Waals surface area contributed by atoms with Crippen molar-refractivity contribution < 1.29 is 4.79 Å². The molecule has 0 spiro atoms. The van der Waals surface area contributed by atoms with E-state index in [1.54, 1.807) is 0 Å². The van der Waals surface area contributed by atoms with E-state index in [4.69, 9.17) is 0 Å². The molecule has 5 nitrogen and oxygen atoms in total. The van der Waals surface area contributed by atoms with Crippen LogP contribution in [0.5, 0.6) is 0 Å². The maximum atomic E-state index is 12.5. The summed E-state index contributed by atoms with van der Waals surface area (Å²) in [7, 11) is 4.05. The lowest BCUT2D eigenvalue weighted by Crippen LogP contribution is -2.13.